The molecule has 1 aromatic rings. The van der Waals surface area contributed by atoms with Crippen molar-refractivity contribution in [2.24, 2.45) is 5.92 Å². The van der Waals surface area contributed by atoms with E-state index in [0.717, 1.165) is 50.6 Å². The van der Waals surface area contributed by atoms with Gasteiger partial charge < -0.3 is 20.7 Å². The van der Waals surface area contributed by atoms with Gasteiger partial charge in [-0.2, -0.15) is 4.98 Å². The summed E-state index contributed by atoms with van der Waals surface area (Å²) in [6.07, 6.45) is 3.27. The third kappa shape index (κ3) is 4.55. The van der Waals surface area contributed by atoms with Gasteiger partial charge in [0.15, 0.2) is 0 Å². The summed E-state index contributed by atoms with van der Waals surface area (Å²) in [6.45, 7) is 9.38. The van der Waals surface area contributed by atoms with Crippen molar-refractivity contribution in [2.45, 2.75) is 33.1 Å². The smallest absolute Gasteiger partial charge is 0.222 e. The first-order valence-corrected chi connectivity index (χ1v) is 8.22. The standard InChI is InChI=1S/C16H29N5O/c1-4-14-12(2)19-16(17)20-15(14)18-10-13-6-8-21(11-13)7-5-9-22-3/h13H,4-11H2,1-3H3,(H3,17,18,19,20)/t13-/m0/s1. The number of ether oxygens (including phenoxy) is 1. The summed E-state index contributed by atoms with van der Waals surface area (Å²) in [7, 11) is 1.76. The van der Waals surface area contributed by atoms with Crippen molar-refractivity contribution in [1.29, 1.82) is 0 Å². The van der Waals surface area contributed by atoms with Crippen LogP contribution in [0.25, 0.3) is 0 Å². The Morgan fingerprint density at radius 3 is 2.95 bits per heavy atom. The minimum Gasteiger partial charge on any atom is -0.385 e. The van der Waals surface area contributed by atoms with E-state index in [1.807, 2.05) is 6.92 Å². The third-order valence-electron chi connectivity index (χ3n) is 4.34. The Morgan fingerprint density at radius 1 is 1.41 bits per heavy atom. The number of methoxy groups -OCH3 is 1. The normalized spacial score (nSPS) is 18.8. The number of aryl methyl sites for hydroxylation is 1. The number of anilines is 2. The van der Waals surface area contributed by atoms with E-state index < -0.39 is 0 Å². The molecule has 1 atom stereocenters. The zero-order chi connectivity index (χ0) is 15.9. The topological polar surface area (TPSA) is 76.3 Å². The number of rotatable bonds is 8. The summed E-state index contributed by atoms with van der Waals surface area (Å²) in [5.41, 5.74) is 7.92. The van der Waals surface area contributed by atoms with Crippen LogP contribution in [0, 0.1) is 12.8 Å². The highest BCUT2D eigenvalue weighted by atomic mass is 16.5. The molecule has 1 aliphatic heterocycles. The average Bonchev–Trinajstić information content (AvgIpc) is 2.93. The maximum absolute atomic E-state index is 5.77. The molecule has 1 aromatic heterocycles. The van der Waals surface area contributed by atoms with Gasteiger partial charge in [-0.25, -0.2) is 4.98 Å². The lowest BCUT2D eigenvalue weighted by molar-refractivity contribution is 0.178. The number of hydrogen-bond donors (Lipinski definition) is 2. The highest BCUT2D eigenvalue weighted by Gasteiger charge is 2.22. The van der Waals surface area contributed by atoms with E-state index in [1.165, 1.54) is 18.5 Å². The zero-order valence-electron chi connectivity index (χ0n) is 14.1. The van der Waals surface area contributed by atoms with Crippen LogP contribution >= 0.6 is 0 Å². The van der Waals surface area contributed by atoms with Gasteiger partial charge in [-0.15, -0.1) is 0 Å². The second-order valence-electron chi connectivity index (χ2n) is 6.03. The number of nitrogens with one attached hydrogen (secondary N) is 1. The Kier molecular flexibility index (Phi) is 6.39. The highest BCUT2D eigenvalue weighted by molar-refractivity contribution is 5.49. The lowest BCUT2D eigenvalue weighted by atomic mass is 10.1. The van der Waals surface area contributed by atoms with Gasteiger partial charge in [0, 0.05) is 44.6 Å². The van der Waals surface area contributed by atoms with E-state index in [9.17, 15) is 0 Å². The van der Waals surface area contributed by atoms with Crippen molar-refractivity contribution in [3.8, 4) is 0 Å². The molecule has 0 saturated carbocycles. The number of aromatic nitrogens is 2. The molecule has 0 unspecified atom stereocenters. The van der Waals surface area contributed by atoms with Crippen LogP contribution in [0.15, 0.2) is 0 Å². The lowest BCUT2D eigenvalue weighted by Crippen LogP contribution is -2.25. The molecular formula is C16H29N5O. The molecule has 0 radical (unpaired) electrons. The largest absolute Gasteiger partial charge is 0.385 e. The predicted molar refractivity (Wildman–Crippen MR) is 90.1 cm³/mol. The molecule has 2 heterocycles. The Bertz CT molecular complexity index is 480. The molecule has 0 bridgehead atoms. The van der Waals surface area contributed by atoms with Crippen LogP contribution in [0.5, 0.6) is 0 Å². The minimum absolute atomic E-state index is 0.352. The van der Waals surface area contributed by atoms with Gasteiger partial charge in [0.05, 0.1) is 0 Å². The van der Waals surface area contributed by atoms with Gasteiger partial charge in [-0.05, 0) is 38.6 Å². The van der Waals surface area contributed by atoms with E-state index in [4.69, 9.17) is 10.5 Å². The van der Waals surface area contributed by atoms with Gasteiger partial charge in [0.2, 0.25) is 5.95 Å². The fraction of sp³-hybridized carbons (Fsp3) is 0.750. The molecule has 6 nitrogen and oxygen atoms in total. The summed E-state index contributed by atoms with van der Waals surface area (Å²) in [6, 6.07) is 0. The van der Waals surface area contributed by atoms with Crippen LogP contribution in [0.4, 0.5) is 11.8 Å². The van der Waals surface area contributed by atoms with Crippen molar-refractivity contribution in [1.82, 2.24) is 14.9 Å². The van der Waals surface area contributed by atoms with E-state index in [2.05, 4.69) is 27.1 Å². The Labute approximate surface area is 133 Å². The van der Waals surface area contributed by atoms with Crippen LogP contribution in [0.2, 0.25) is 0 Å². The van der Waals surface area contributed by atoms with Crippen LogP contribution < -0.4 is 11.1 Å². The minimum atomic E-state index is 0.352. The number of nitrogen functional groups attached to an aromatic ring is 1. The van der Waals surface area contributed by atoms with Gasteiger partial charge in [-0.1, -0.05) is 6.92 Å². The Hall–Kier alpha value is -1.40. The summed E-state index contributed by atoms with van der Waals surface area (Å²) >= 11 is 0. The molecule has 2 rings (SSSR count). The second kappa shape index (κ2) is 8.29. The summed E-state index contributed by atoms with van der Waals surface area (Å²) in [5, 5.41) is 3.49. The zero-order valence-corrected chi connectivity index (χ0v) is 14.1. The van der Waals surface area contributed by atoms with Crippen molar-refractivity contribution in [3.63, 3.8) is 0 Å². The highest BCUT2D eigenvalue weighted by Crippen LogP contribution is 2.21. The molecule has 22 heavy (non-hydrogen) atoms. The maximum Gasteiger partial charge on any atom is 0.222 e. The van der Waals surface area contributed by atoms with E-state index in [1.54, 1.807) is 7.11 Å². The molecule has 6 heteroatoms. The van der Waals surface area contributed by atoms with Gasteiger partial charge >= 0.3 is 0 Å². The molecule has 0 spiro atoms. The first kappa shape index (κ1) is 17.0. The molecule has 0 amide bonds. The fourth-order valence-electron chi connectivity index (χ4n) is 3.14. The SMILES string of the molecule is CCc1c(C)nc(N)nc1NC[C@@H]1CCN(CCCOC)C1. The first-order chi connectivity index (χ1) is 10.6. The van der Waals surface area contributed by atoms with Gasteiger partial charge in [-0.3, -0.25) is 0 Å². The van der Waals surface area contributed by atoms with Crippen LogP contribution in [-0.2, 0) is 11.2 Å². The molecule has 1 saturated heterocycles. The van der Waals surface area contributed by atoms with Crippen LogP contribution in [0.1, 0.15) is 31.0 Å². The van der Waals surface area contributed by atoms with Crippen molar-refractivity contribution < 1.29 is 4.74 Å². The molecule has 0 aromatic carbocycles. The maximum atomic E-state index is 5.77. The van der Waals surface area contributed by atoms with Gasteiger partial charge in [0.1, 0.15) is 5.82 Å². The monoisotopic (exact) mass is 307 g/mol. The van der Waals surface area contributed by atoms with E-state index in [-0.39, 0.29) is 0 Å². The van der Waals surface area contributed by atoms with Crippen molar-refractivity contribution in [2.75, 3.05) is 50.9 Å². The molecular weight excluding hydrogens is 278 g/mol. The number of likely N-dealkylation sites (tertiary alicyclic amines) is 1. The first-order valence-electron chi connectivity index (χ1n) is 8.22. The fourth-order valence-corrected chi connectivity index (χ4v) is 3.14. The summed E-state index contributed by atoms with van der Waals surface area (Å²) in [4.78, 5) is 11.1. The second-order valence-corrected chi connectivity index (χ2v) is 6.03. The van der Waals surface area contributed by atoms with Gasteiger partial charge in [0.25, 0.3) is 0 Å². The lowest BCUT2D eigenvalue weighted by Gasteiger charge is -2.17. The average molecular weight is 307 g/mol. The van der Waals surface area contributed by atoms with Crippen molar-refractivity contribution >= 4 is 11.8 Å². The van der Waals surface area contributed by atoms with Crippen LogP contribution in [-0.4, -0.2) is 54.8 Å². The Balaban J connectivity index is 1.84. The number of nitrogens with zero attached hydrogens (tertiary/aromatic N) is 3. The summed E-state index contributed by atoms with van der Waals surface area (Å²) in [5.74, 6) is 1.93. The summed E-state index contributed by atoms with van der Waals surface area (Å²) < 4.78 is 5.12. The third-order valence-corrected chi connectivity index (χ3v) is 4.34. The number of nitrogens with two attached hydrogens (primary N) is 1. The molecule has 3 N–H and O–H groups in total. The Morgan fingerprint density at radius 2 is 2.23 bits per heavy atom. The van der Waals surface area contributed by atoms with E-state index >= 15 is 0 Å². The van der Waals surface area contributed by atoms with Crippen molar-refractivity contribution in [3.05, 3.63) is 11.3 Å². The molecule has 1 aliphatic rings. The predicted octanol–water partition coefficient (Wildman–Crippen LogP) is 1.70. The molecule has 1 fully saturated rings. The van der Waals surface area contributed by atoms with E-state index in [0.29, 0.717) is 11.9 Å². The number of hydrogen-bond acceptors (Lipinski definition) is 6. The molecule has 0 aliphatic carbocycles. The van der Waals surface area contributed by atoms with Crippen LogP contribution in [0.3, 0.4) is 0 Å². The molecule has 124 valence electrons. The quantitative estimate of drug-likeness (QED) is 0.712.